The van der Waals surface area contributed by atoms with Crippen LogP contribution in [0.5, 0.6) is 0 Å². The van der Waals surface area contributed by atoms with Crippen molar-refractivity contribution in [1.82, 2.24) is 0 Å². The second kappa shape index (κ2) is 8.14. The summed E-state index contributed by atoms with van der Waals surface area (Å²) in [6, 6.07) is 24.6. The molecule has 1 N–H and O–H groups in total. The fourth-order valence-corrected chi connectivity index (χ4v) is 5.66. The summed E-state index contributed by atoms with van der Waals surface area (Å²) in [7, 11) is -3.88. The van der Waals surface area contributed by atoms with E-state index in [0.717, 1.165) is 5.69 Å². The Morgan fingerprint density at radius 2 is 1.52 bits per heavy atom. The zero-order chi connectivity index (χ0) is 23.0. The molecule has 0 saturated heterocycles. The van der Waals surface area contributed by atoms with Gasteiger partial charge in [0.25, 0.3) is 15.9 Å². The minimum atomic E-state index is -3.88. The number of azo groups is 1. The molecule has 1 aliphatic rings. The fraction of sp³-hybridized carbons (Fsp3) is 0.0800. The molecule has 0 saturated carbocycles. The Hall–Kier alpha value is -4.04. The molecule has 0 aromatic heterocycles. The van der Waals surface area contributed by atoms with Crippen LogP contribution in [0.25, 0.3) is 10.8 Å². The van der Waals surface area contributed by atoms with Gasteiger partial charge in [0.2, 0.25) is 0 Å². The molecule has 1 heterocycles. The summed E-state index contributed by atoms with van der Waals surface area (Å²) < 4.78 is 28.7. The van der Waals surface area contributed by atoms with Crippen molar-refractivity contribution in [1.29, 1.82) is 0 Å². The fourth-order valence-electron chi connectivity index (χ4n) is 3.99. The molecule has 1 aliphatic heterocycles. The normalized spacial score (nSPS) is 12.9. The third-order valence-electron chi connectivity index (χ3n) is 5.52. The van der Waals surface area contributed by atoms with Crippen molar-refractivity contribution in [3.05, 3.63) is 90.5 Å². The summed E-state index contributed by atoms with van der Waals surface area (Å²) >= 11 is 0. The van der Waals surface area contributed by atoms with Gasteiger partial charge in [-0.25, -0.2) is 8.42 Å². The van der Waals surface area contributed by atoms with Crippen LogP contribution in [-0.4, -0.2) is 20.9 Å². The zero-order valence-corrected chi connectivity index (χ0v) is 18.6. The first kappa shape index (κ1) is 20.8. The van der Waals surface area contributed by atoms with E-state index in [1.165, 1.54) is 4.31 Å². The SMILES string of the molecule is CCN(c1ccc(N=Nc2ccccc2)cc1)S(=O)(=O)c1ccc2c3c(cccc13)C(=O)N2. The second-order valence-electron chi connectivity index (χ2n) is 7.52. The molecular weight excluding hydrogens is 436 g/mol. The van der Waals surface area contributed by atoms with Crippen molar-refractivity contribution < 1.29 is 13.2 Å². The summed E-state index contributed by atoms with van der Waals surface area (Å²) in [5, 5.41) is 12.4. The van der Waals surface area contributed by atoms with Crippen LogP contribution in [0.3, 0.4) is 0 Å². The molecule has 0 aliphatic carbocycles. The number of amides is 1. The molecule has 5 rings (SSSR count). The topological polar surface area (TPSA) is 91.2 Å². The molecule has 0 fully saturated rings. The van der Waals surface area contributed by atoms with E-state index in [4.69, 9.17) is 0 Å². The van der Waals surface area contributed by atoms with Crippen LogP contribution in [0.15, 0.2) is 100 Å². The van der Waals surface area contributed by atoms with Gasteiger partial charge in [0, 0.05) is 28.6 Å². The number of nitrogens with one attached hydrogen (secondary N) is 1. The highest BCUT2D eigenvalue weighted by Gasteiger charge is 2.29. The zero-order valence-electron chi connectivity index (χ0n) is 17.8. The monoisotopic (exact) mass is 456 g/mol. The standard InChI is InChI=1S/C25H20N4O3S/c1-2-29(19-13-11-18(12-14-19)28-27-17-7-4-3-5-8-17)33(31,32)23-16-15-22-24-20(23)9-6-10-21(24)25(30)26-22/h3-16H,2H2,1H3,(H,26,30). The molecule has 7 nitrogen and oxygen atoms in total. The van der Waals surface area contributed by atoms with Gasteiger partial charge >= 0.3 is 0 Å². The molecule has 4 aromatic carbocycles. The summed E-state index contributed by atoms with van der Waals surface area (Å²) in [4.78, 5) is 12.4. The third-order valence-corrected chi connectivity index (χ3v) is 7.48. The minimum Gasteiger partial charge on any atom is -0.321 e. The maximum atomic E-state index is 13.7. The van der Waals surface area contributed by atoms with E-state index in [2.05, 4.69) is 15.5 Å². The van der Waals surface area contributed by atoms with Crippen LogP contribution in [0.4, 0.5) is 22.7 Å². The molecule has 4 aromatic rings. The lowest BCUT2D eigenvalue weighted by atomic mass is 10.1. The largest absolute Gasteiger partial charge is 0.321 e. The van der Waals surface area contributed by atoms with E-state index >= 15 is 0 Å². The van der Waals surface area contributed by atoms with Crippen LogP contribution in [0, 0.1) is 0 Å². The Bertz CT molecular complexity index is 1500. The number of benzene rings is 4. The van der Waals surface area contributed by atoms with Crippen molar-refractivity contribution >= 4 is 49.5 Å². The van der Waals surface area contributed by atoms with Crippen molar-refractivity contribution in [2.24, 2.45) is 10.2 Å². The van der Waals surface area contributed by atoms with E-state index in [-0.39, 0.29) is 17.3 Å². The van der Waals surface area contributed by atoms with Crippen molar-refractivity contribution in [2.75, 3.05) is 16.2 Å². The van der Waals surface area contributed by atoms with E-state index < -0.39 is 10.0 Å². The lowest BCUT2D eigenvalue weighted by Gasteiger charge is -2.24. The Labute approximate surface area is 191 Å². The lowest BCUT2D eigenvalue weighted by molar-refractivity contribution is 0.103. The van der Waals surface area contributed by atoms with Crippen LogP contribution >= 0.6 is 0 Å². The molecule has 164 valence electrons. The first-order valence-electron chi connectivity index (χ1n) is 10.5. The van der Waals surface area contributed by atoms with Gasteiger partial charge < -0.3 is 5.32 Å². The van der Waals surface area contributed by atoms with Crippen LogP contribution in [0.2, 0.25) is 0 Å². The van der Waals surface area contributed by atoms with Gasteiger partial charge in [-0.05, 0) is 61.5 Å². The predicted molar refractivity (Wildman–Crippen MR) is 129 cm³/mol. The quantitative estimate of drug-likeness (QED) is 0.359. The highest BCUT2D eigenvalue weighted by Crippen LogP contribution is 2.38. The van der Waals surface area contributed by atoms with Gasteiger partial charge in [-0.3, -0.25) is 9.10 Å². The number of sulfonamides is 1. The summed E-state index contributed by atoms with van der Waals surface area (Å²) in [6.07, 6.45) is 0. The average molecular weight is 457 g/mol. The highest BCUT2D eigenvalue weighted by molar-refractivity contribution is 7.93. The Morgan fingerprint density at radius 1 is 0.818 bits per heavy atom. The molecular formula is C25H20N4O3S. The van der Waals surface area contributed by atoms with Gasteiger partial charge in [-0.2, -0.15) is 10.2 Å². The molecule has 0 radical (unpaired) electrons. The molecule has 8 heteroatoms. The Morgan fingerprint density at radius 3 is 2.21 bits per heavy atom. The number of anilines is 2. The number of hydrogen-bond acceptors (Lipinski definition) is 5. The molecule has 0 unspecified atom stereocenters. The first-order chi connectivity index (χ1) is 16.0. The van der Waals surface area contributed by atoms with Crippen molar-refractivity contribution in [3.8, 4) is 0 Å². The van der Waals surface area contributed by atoms with Crippen LogP contribution < -0.4 is 9.62 Å². The number of carbonyl (C=O) groups is 1. The maximum Gasteiger partial charge on any atom is 0.264 e. The summed E-state index contributed by atoms with van der Waals surface area (Å²) in [5.74, 6) is -0.224. The van der Waals surface area contributed by atoms with E-state index in [1.54, 1.807) is 61.5 Å². The summed E-state index contributed by atoms with van der Waals surface area (Å²) in [5.41, 5.74) is 2.98. The lowest BCUT2D eigenvalue weighted by Crippen LogP contribution is -2.30. The molecule has 1 amide bonds. The van der Waals surface area contributed by atoms with Gasteiger partial charge in [0.1, 0.15) is 0 Å². The van der Waals surface area contributed by atoms with Gasteiger partial charge in [0.15, 0.2) is 0 Å². The van der Waals surface area contributed by atoms with Crippen LogP contribution in [-0.2, 0) is 10.0 Å². The predicted octanol–water partition coefficient (Wildman–Crippen LogP) is 6.04. The van der Waals surface area contributed by atoms with E-state index in [9.17, 15) is 13.2 Å². The van der Waals surface area contributed by atoms with E-state index in [0.29, 0.717) is 33.4 Å². The molecule has 0 spiro atoms. The Kier molecular flexibility index (Phi) is 5.14. The van der Waals surface area contributed by atoms with Gasteiger partial charge in [0.05, 0.1) is 22.0 Å². The number of nitrogens with zero attached hydrogens (tertiary/aromatic N) is 3. The smallest absolute Gasteiger partial charge is 0.264 e. The molecule has 0 bridgehead atoms. The third kappa shape index (κ3) is 3.64. The second-order valence-corrected chi connectivity index (χ2v) is 9.35. The minimum absolute atomic E-state index is 0.161. The summed E-state index contributed by atoms with van der Waals surface area (Å²) in [6.45, 7) is 2.03. The van der Waals surface area contributed by atoms with Crippen molar-refractivity contribution in [3.63, 3.8) is 0 Å². The molecule has 33 heavy (non-hydrogen) atoms. The maximum absolute atomic E-state index is 13.7. The van der Waals surface area contributed by atoms with Gasteiger partial charge in [-0.1, -0.05) is 30.3 Å². The van der Waals surface area contributed by atoms with Crippen molar-refractivity contribution in [2.45, 2.75) is 11.8 Å². The molecule has 0 atom stereocenters. The van der Waals surface area contributed by atoms with Gasteiger partial charge in [-0.15, -0.1) is 0 Å². The number of carbonyl (C=O) groups excluding carboxylic acids is 1. The average Bonchev–Trinajstić information content (AvgIpc) is 3.16. The first-order valence-corrected chi connectivity index (χ1v) is 11.9. The van der Waals surface area contributed by atoms with Crippen LogP contribution in [0.1, 0.15) is 17.3 Å². The highest BCUT2D eigenvalue weighted by atomic mass is 32.2. The van der Waals surface area contributed by atoms with E-state index in [1.807, 2.05) is 30.3 Å². The number of hydrogen-bond donors (Lipinski definition) is 1. The Balaban J connectivity index is 1.50. The number of rotatable bonds is 6.